The van der Waals surface area contributed by atoms with Gasteiger partial charge in [-0.25, -0.2) is 28.0 Å². The van der Waals surface area contributed by atoms with Crippen molar-refractivity contribution in [3.63, 3.8) is 0 Å². The van der Waals surface area contributed by atoms with Gasteiger partial charge < -0.3 is 9.15 Å². The van der Waals surface area contributed by atoms with E-state index in [0.29, 0.717) is 21.3 Å². The van der Waals surface area contributed by atoms with E-state index in [2.05, 4.69) is 30.3 Å². The Morgan fingerprint density at radius 2 is 1.79 bits per heavy atom. The summed E-state index contributed by atoms with van der Waals surface area (Å²) in [6.07, 6.45) is -2.77. The van der Waals surface area contributed by atoms with Crippen LogP contribution in [0.5, 0.6) is 5.75 Å². The lowest BCUT2D eigenvalue weighted by molar-refractivity contribution is -0.274. The molecule has 0 radical (unpaired) electrons. The fourth-order valence-electron chi connectivity index (χ4n) is 4.20. The largest absolute Gasteiger partial charge is 0.573 e. The normalized spacial score (nSPS) is 14.5. The Morgan fingerprint density at radius 1 is 1.07 bits per heavy atom. The number of ether oxygens (including phenoxy) is 1. The summed E-state index contributed by atoms with van der Waals surface area (Å²) >= 11 is -1.48. The first-order valence-corrected chi connectivity index (χ1v) is 15.6. The molecule has 0 saturated carbocycles. The predicted octanol–water partition coefficient (Wildman–Crippen LogP) is 3.85. The van der Waals surface area contributed by atoms with E-state index in [1.54, 1.807) is 18.2 Å². The maximum atomic E-state index is 13.8. The molecule has 43 heavy (non-hydrogen) atoms. The second-order valence-corrected chi connectivity index (χ2v) is 12.7. The van der Waals surface area contributed by atoms with Crippen molar-refractivity contribution in [3.05, 3.63) is 89.1 Å². The van der Waals surface area contributed by atoms with E-state index in [9.17, 15) is 30.2 Å². The number of sulfone groups is 1. The van der Waals surface area contributed by atoms with Crippen molar-refractivity contribution < 1.29 is 43.9 Å². The average molecular weight is 659 g/mol. The van der Waals surface area contributed by atoms with Gasteiger partial charge in [0.05, 0.1) is 16.8 Å². The third kappa shape index (κ3) is 6.40. The number of pyridine rings is 1. The first-order chi connectivity index (χ1) is 20.3. The Balaban J connectivity index is 1.68. The third-order valence-electron chi connectivity index (χ3n) is 5.97. The van der Waals surface area contributed by atoms with Gasteiger partial charge in [0.1, 0.15) is 10.8 Å². The molecular formula is C24H18F4N6O6S3. The number of nitrogens with one attached hydrogen (secondary N) is 2. The third-order valence-corrected chi connectivity index (χ3v) is 9.27. The highest BCUT2D eigenvalue weighted by atomic mass is 32.2. The van der Waals surface area contributed by atoms with E-state index in [1.807, 2.05) is 4.83 Å². The Hall–Kier alpha value is -3.88. The number of hydrogen-bond donors (Lipinski definition) is 3. The van der Waals surface area contributed by atoms with Crippen molar-refractivity contribution >= 4 is 42.7 Å². The van der Waals surface area contributed by atoms with Gasteiger partial charge in [-0.3, -0.25) is 4.55 Å². The molecule has 3 N–H and O–H groups in total. The van der Waals surface area contributed by atoms with E-state index < -0.39 is 49.8 Å². The lowest BCUT2D eigenvalue weighted by atomic mass is 9.98. The van der Waals surface area contributed by atoms with E-state index in [0.717, 1.165) is 41.9 Å². The Labute approximate surface area is 246 Å². The minimum atomic E-state index is -4.99. The van der Waals surface area contributed by atoms with Crippen LogP contribution in [0.2, 0.25) is 0 Å². The first kappa shape index (κ1) is 30.6. The van der Waals surface area contributed by atoms with Crippen molar-refractivity contribution in [1.29, 1.82) is 0 Å². The standard InChI is InChI=1S/C24H18F4N6O6S3/c1-43(37,38)23(15-4-6-16(7-5-15)40-24(26,27)28,21-33-32-20(39-21)12-30-34-42(35)36)22-31-17-8-2-13(10-18(17)41-22)14-3-9-19(25)29-11-14/h2-11,30,34H,12H2,1H3,(H,35,36). The molecule has 5 aromatic rings. The molecule has 0 aliphatic rings. The van der Waals surface area contributed by atoms with Crippen molar-refractivity contribution in [2.75, 3.05) is 6.26 Å². The molecule has 0 aliphatic carbocycles. The van der Waals surface area contributed by atoms with Gasteiger partial charge in [0, 0.05) is 18.0 Å². The van der Waals surface area contributed by atoms with Crippen LogP contribution in [-0.2, 0) is 32.4 Å². The van der Waals surface area contributed by atoms with Crippen LogP contribution in [0.25, 0.3) is 21.3 Å². The fourth-order valence-corrected chi connectivity index (χ4v) is 7.41. The molecule has 2 atom stereocenters. The summed E-state index contributed by atoms with van der Waals surface area (Å²) in [5, 5.41) is 7.70. The van der Waals surface area contributed by atoms with E-state index in [-0.39, 0.29) is 23.0 Å². The Bertz CT molecular complexity index is 1900. The van der Waals surface area contributed by atoms with Gasteiger partial charge in [0.15, 0.2) is 9.84 Å². The summed E-state index contributed by atoms with van der Waals surface area (Å²) in [4.78, 5) is 10.2. The average Bonchev–Trinajstić information content (AvgIpc) is 3.56. The van der Waals surface area contributed by atoms with Crippen LogP contribution in [-0.4, -0.2) is 50.0 Å². The number of fused-ring (bicyclic) bond motifs is 1. The highest BCUT2D eigenvalue weighted by Gasteiger charge is 2.54. The Kier molecular flexibility index (Phi) is 8.29. The highest BCUT2D eigenvalue weighted by molar-refractivity contribution is 7.92. The second-order valence-electron chi connectivity index (χ2n) is 8.80. The molecule has 0 saturated heterocycles. The molecule has 0 fully saturated rings. The summed E-state index contributed by atoms with van der Waals surface area (Å²) in [5.74, 6) is -1.93. The van der Waals surface area contributed by atoms with Crippen LogP contribution < -0.4 is 15.0 Å². The predicted molar refractivity (Wildman–Crippen MR) is 146 cm³/mol. The summed E-state index contributed by atoms with van der Waals surface area (Å²) < 4.78 is 107. The molecule has 0 bridgehead atoms. The number of nitrogens with zero attached hydrogens (tertiary/aromatic N) is 4. The van der Waals surface area contributed by atoms with Crippen molar-refractivity contribution in [2.24, 2.45) is 0 Å². The van der Waals surface area contributed by atoms with E-state index in [1.165, 1.54) is 18.3 Å². The van der Waals surface area contributed by atoms with Crippen molar-refractivity contribution in [1.82, 2.24) is 30.4 Å². The fraction of sp³-hybridized carbons (Fsp3) is 0.167. The van der Waals surface area contributed by atoms with Crippen LogP contribution in [0, 0.1) is 5.95 Å². The number of rotatable bonds is 10. The first-order valence-electron chi connectivity index (χ1n) is 11.8. The lowest BCUT2D eigenvalue weighted by Crippen LogP contribution is -2.38. The zero-order valence-electron chi connectivity index (χ0n) is 21.5. The monoisotopic (exact) mass is 658 g/mol. The van der Waals surface area contributed by atoms with Crippen LogP contribution in [0.15, 0.2) is 65.2 Å². The number of aromatic nitrogens is 4. The molecule has 3 heterocycles. The minimum absolute atomic E-state index is 0.0679. The topological polar surface area (TPSA) is 169 Å². The molecule has 2 unspecified atom stereocenters. The van der Waals surface area contributed by atoms with Crippen LogP contribution in [0.3, 0.4) is 0 Å². The molecule has 226 valence electrons. The SMILES string of the molecule is CS(=O)(=O)C(c1ccc(OC(F)(F)F)cc1)(c1nnc(CNNS(=O)O)o1)c1nc2ccc(-c3ccc(F)nc3)cc2s1. The van der Waals surface area contributed by atoms with Gasteiger partial charge >= 0.3 is 6.36 Å². The number of hydrazine groups is 1. The number of benzene rings is 2. The number of alkyl halides is 3. The highest BCUT2D eigenvalue weighted by Crippen LogP contribution is 2.46. The molecule has 5 rings (SSSR count). The van der Waals surface area contributed by atoms with Gasteiger partial charge in [-0.05, 0) is 47.5 Å². The molecule has 3 aromatic heterocycles. The van der Waals surface area contributed by atoms with E-state index >= 15 is 0 Å². The minimum Gasteiger partial charge on any atom is -0.421 e. The maximum absolute atomic E-state index is 13.8. The molecule has 0 aliphatic heterocycles. The zero-order valence-corrected chi connectivity index (χ0v) is 23.9. The molecule has 0 amide bonds. The smallest absolute Gasteiger partial charge is 0.421 e. The lowest BCUT2D eigenvalue weighted by Gasteiger charge is -2.27. The van der Waals surface area contributed by atoms with Crippen LogP contribution >= 0.6 is 11.3 Å². The molecule has 12 nitrogen and oxygen atoms in total. The molecule has 19 heteroatoms. The van der Waals surface area contributed by atoms with Crippen molar-refractivity contribution in [3.8, 4) is 16.9 Å². The molecule has 0 spiro atoms. The van der Waals surface area contributed by atoms with Crippen LogP contribution in [0.4, 0.5) is 17.6 Å². The van der Waals surface area contributed by atoms with Crippen LogP contribution in [0.1, 0.15) is 22.4 Å². The van der Waals surface area contributed by atoms with Gasteiger partial charge in [0.2, 0.25) is 33.7 Å². The van der Waals surface area contributed by atoms with Gasteiger partial charge in [-0.15, -0.1) is 34.7 Å². The molecule has 2 aromatic carbocycles. The number of thiazole rings is 1. The number of hydrogen-bond acceptors (Lipinski definition) is 11. The van der Waals surface area contributed by atoms with Gasteiger partial charge in [-0.2, -0.15) is 9.22 Å². The maximum Gasteiger partial charge on any atom is 0.573 e. The zero-order chi connectivity index (χ0) is 31.0. The summed E-state index contributed by atoms with van der Waals surface area (Å²) in [6, 6.07) is 11.8. The molecular weight excluding hydrogens is 640 g/mol. The Morgan fingerprint density at radius 3 is 2.42 bits per heavy atom. The summed E-state index contributed by atoms with van der Waals surface area (Å²) in [6.45, 7) is -0.299. The summed E-state index contributed by atoms with van der Waals surface area (Å²) in [5.41, 5.74) is 3.86. The van der Waals surface area contributed by atoms with Crippen molar-refractivity contribution in [2.45, 2.75) is 17.7 Å². The van der Waals surface area contributed by atoms with E-state index in [4.69, 9.17) is 8.97 Å². The quantitative estimate of drug-likeness (QED) is 0.0863. The summed E-state index contributed by atoms with van der Waals surface area (Å²) in [7, 11) is -4.36. The van der Waals surface area contributed by atoms with Gasteiger partial charge in [0.25, 0.3) is 0 Å². The number of halogens is 4. The van der Waals surface area contributed by atoms with Gasteiger partial charge in [-0.1, -0.05) is 18.2 Å². The second kappa shape index (κ2) is 11.7.